The molecule has 2 aromatic carbocycles. The molecule has 1 aliphatic heterocycles. The van der Waals surface area contributed by atoms with Gasteiger partial charge in [0.2, 0.25) is 0 Å². The molecule has 1 atom stereocenters. The van der Waals surface area contributed by atoms with Gasteiger partial charge in [-0.15, -0.1) is 0 Å². The van der Waals surface area contributed by atoms with Gasteiger partial charge in [-0.2, -0.15) is 5.26 Å². The minimum absolute atomic E-state index is 0.319. The Labute approximate surface area is 171 Å². The largest absolute Gasteiger partial charge is 0.381 e. The van der Waals surface area contributed by atoms with Crippen molar-refractivity contribution in [3.05, 3.63) is 65.4 Å². The van der Waals surface area contributed by atoms with Crippen molar-refractivity contribution in [2.24, 2.45) is 0 Å². The van der Waals surface area contributed by atoms with Crippen LogP contribution in [0.2, 0.25) is 0 Å². The predicted molar refractivity (Wildman–Crippen MR) is 117 cm³/mol. The Morgan fingerprint density at radius 2 is 2.03 bits per heavy atom. The maximum Gasteiger partial charge on any atom is 0.0991 e. The summed E-state index contributed by atoms with van der Waals surface area (Å²) in [5.74, 6) is 0. The van der Waals surface area contributed by atoms with Crippen LogP contribution in [0.4, 0.5) is 11.4 Å². The zero-order valence-corrected chi connectivity index (χ0v) is 17.0. The van der Waals surface area contributed by atoms with Crippen molar-refractivity contribution < 1.29 is 4.74 Å². The van der Waals surface area contributed by atoms with Gasteiger partial charge in [0.1, 0.15) is 0 Å². The molecule has 0 spiro atoms. The number of anilines is 2. The Morgan fingerprint density at radius 3 is 2.79 bits per heavy atom. The quantitative estimate of drug-likeness (QED) is 0.669. The second kappa shape index (κ2) is 8.50. The van der Waals surface area contributed by atoms with Crippen LogP contribution in [-0.2, 0) is 11.3 Å². The van der Waals surface area contributed by atoms with Crippen LogP contribution in [0.1, 0.15) is 30.2 Å². The molecular weight excluding hydrogens is 360 g/mol. The van der Waals surface area contributed by atoms with Crippen molar-refractivity contribution in [1.82, 2.24) is 4.98 Å². The van der Waals surface area contributed by atoms with Gasteiger partial charge in [0.15, 0.2) is 0 Å². The highest BCUT2D eigenvalue weighted by Crippen LogP contribution is 2.31. The van der Waals surface area contributed by atoms with Crippen molar-refractivity contribution in [3.63, 3.8) is 0 Å². The van der Waals surface area contributed by atoms with E-state index in [0.717, 1.165) is 43.0 Å². The Balaban J connectivity index is 1.54. The van der Waals surface area contributed by atoms with Crippen LogP contribution >= 0.6 is 0 Å². The number of fused-ring (bicyclic) bond motifs is 1. The van der Waals surface area contributed by atoms with Crippen LogP contribution in [-0.4, -0.2) is 30.8 Å². The third-order valence-electron chi connectivity index (χ3n) is 5.38. The highest BCUT2D eigenvalue weighted by molar-refractivity contribution is 5.92. The van der Waals surface area contributed by atoms with E-state index in [1.165, 1.54) is 16.6 Å². The zero-order chi connectivity index (χ0) is 20.2. The molecule has 1 N–H and O–H groups in total. The Kier molecular flexibility index (Phi) is 5.64. The maximum atomic E-state index is 8.91. The van der Waals surface area contributed by atoms with Gasteiger partial charge in [0.25, 0.3) is 0 Å². The van der Waals surface area contributed by atoms with Gasteiger partial charge < -0.3 is 15.0 Å². The molecule has 0 saturated carbocycles. The number of nitriles is 1. The molecule has 5 nitrogen and oxygen atoms in total. The summed E-state index contributed by atoms with van der Waals surface area (Å²) in [4.78, 5) is 7.20. The molecule has 3 aromatic rings. The van der Waals surface area contributed by atoms with Crippen LogP contribution in [0.5, 0.6) is 0 Å². The number of pyridine rings is 1. The third kappa shape index (κ3) is 4.33. The number of aryl methyl sites for hydroxylation is 1. The van der Waals surface area contributed by atoms with Gasteiger partial charge in [-0.05, 0) is 62.2 Å². The molecule has 0 radical (unpaired) electrons. The molecule has 29 heavy (non-hydrogen) atoms. The average Bonchev–Trinajstić information content (AvgIpc) is 3.20. The lowest BCUT2D eigenvalue weighted by Gasteiger charge is -2.21. The molecule has 1 fully saturated rings. The SMILES string of the molecule is CCO[C@H]1CCN(c2cc(C)nc3cc(CNc4ccc(C#N)cc4)ccc23)C1. The van der Waals surface area contributed by atoms with E-state index in [2.05, 4.69) is 54.4 Å². The summed E-state index contributed by atoms with van der Waals surface area (Å²) in [5, 5.41) is 13.5. The standard InChI is InChI=1S/C24H26N4O/c1-3-29-21-10-11-28(16-21)24-12-17(2)27-23-13-19(6-9-22(23)24)15-26-20-7-4-18(14-25)5-8-20/h4-9,12-13,21,26H,3,10-11,15-16H2,1-2H3/t21-/m0/s1. The molecule has 1 aromatic heterocycles. The third-order valence-corrected chi connectivity index (χ3v) is 5.38. The number of hydrogen-bond donors (Lipinski definition) is 1. The summed E-state index contributed by atoms with van der Waals surface area (Å²) < 4.78 is 5.82. The lowest BCUT2D eigenvalue weighted by atomic mass is 10.1. The second-order valence-electron chi connectivity index (χ2n) is 7.49. The van der Waals surface area contributed by atoms with Gasteiger partial charge in [-0.1, -0.05) is 12.1 Å². The second-order valence-corrected chi connectivity index (χ2v) is 7.49. The monoisotopic (exact) mass is 386 g/mol. The van der Waals surface area contributed by atoms with Crippen molar-refractivity contribution in [2.75, 3.05) is 29.9 Å². The molecular formula is C24H26N4O. The fraction of sp³-hybridized carbons (Fsp3) is 0.333. The first kappa shape index (κ1) is 19.2. The van der Waals surface area contributed by atoms with E-state index >= 15 is 0 Å². The smallest absolute Gasteiger partial charge is 0.0991 e. The van der Waals surface area contributed by atoms with E-state index in [1.807, 2.05) is 24.3 Å². The van der Waals surface area contributed by atoms with Crippen LogP contribution in [0.25, 0.3) is 10.9 Å². The van der Waals surface area contributed by atoms with Gasteiger partial charge in [0, 0.05) is 48.7 Å². The predicted octanol–water partition coefficient (Wildman–Crippen LogP) is 4.64. The maximum absolute atomic E-state index is 8.91. The van der Waals surface area contributed by atoms with E-state index in [-0.39, 0.29) is 0 Å². The summed E-state index contributed by atoms with van der Waals surface area (Å²) >= 11 is 0. The molecule has 1 saturated heterocycles. The Hall–Kier alpha value is -3.10. The van der Waals surface area contributed by atoms with Gasteiger partial charge in [-0.25, -0.2) is 0 Å². The number of nitrogens with zero attached hydrogens (tertiary/aromatic N) is 3. The fourth-order valence-electron chi connectivity index (χ4n) is 3.94. The van der Waals surface area contributed by atoms with E-state index in [0.29, 0.717) is 18.2 Å². The van der Waals surface area contributed by atoms with Crippen LogP contribution in [0, 0.1) is 18.3 Å². The van der Waals surface area contributed by atoms with E-state index in [4.69, 9.17) is 15.0 Å². The Bertz CT molecular complexity index is 1040. The van der Waals surface area contributed by atoms with Gasteiger partial charge in [0.05, 0.1) is 23.3 Å². The fourth-order valence-corrected chi connectivity index (χ4v) is 3.94. The van der Waals surface area contributed by atoms with Crippen molar-refractivity contribution in [1.29, 1.82) is 5.26 Å². The number of benzene rings is 2. The molecule has 148 valence electrons. The molecule has 0 bridgehead atoms. The molecule has 1 aliphatic rings. The first-order chi connectivity index (χ1) is 14.2. The number of nitrogens with one attached hydrogen (secondary N) is 1. The molecule has 4 rings (SSSR count). The van der Waals surface area contributed by atoms with Crippen LogP contribution in [0.15, 0.2) is 48.5 Å². The highest BCUT2D eigenvalue weighted by atomic mass is 16.5. The Morgan fingerprint density at radius 1 is 1.21 bits per heavy atom. The zero-order valence-electron chi connectivity index (χ0n) is 17.0. The number of aromatic nitrogens is 1. The summed E-state index contributed by atoms with van der Waals surface area (Å²) in [6.45, 7) is 7.55. The van der Waals surface area contributed by atoms with Crippen LogP contribution in [0.3, 0.4) is 0 Å². The normalized spacial score (nSPS) is 16.2. The van der Waals surface area contributed by atoms with Crippen molar-refractivity contribution in [3.8, 4) is 6.07 Å². The van der Waals surface area contributed by atoms with Gasteiger partial charge in [-0.3, -0.25) is 4.98 Å². The van der Waals surface area contributed by atoms with Gasteiger partial charge >= 0.3 is 0 Å². The molecule has 0 unspecified atom stereocenters. The minimum Gasteiger partial charge on any atom is -0.381 e. The number of hydrogen-bond acceptors (Lipinski definition) is 5. The molecule has 5 heteroatoms. The van der Waals surface area contributed by atoms with E-state index < -0.39 is 0 Å². The summed E-state index contributed by atoms with van der Waals surface area (Å²) in [7, 11) is 0. The summed E-state index contributed by atoms with van der Waals surface area (Å²) in [5.41, 5.74) is 6.16. The number of ether oxygens (including phenoxy) is 1. The van der Waals surface area contributed by atoms with E-state index in [9.17, 15) is 0 Å². The average molecular weight is 386 g/mol. The minimum atomic E-state index is 0.319. The lowest BCUT2D eigenvalue weighted by molar-refractivity contribution is 0.0788. The first-order valence-electron chi connectivity index (χ1n) is 10.2. The molecule has 2 heterocycles. The molecule has 0 aliphatic carbocycles. The number of rotatable bonds is 6. The summed E-state index contributed by atoms with van der Waals surface area (Å²) in [6.07, 6.45) is 1.39. The topological polar surface area (TPSA) is 61.2 Å². The van der Waals surface area contributed by atoms with Crippen molar-refractivity contribution in [2.45, 2.75) is 32.9 Å². The molecule has 0 amide bonds. The first-order valence-corrected chi connectivity index (χ1v) is 10.2. The lowest BCUT2D eigenvalue weighted by Crippen LogP contribution is -2.23. The summed E-state index contributed by atoms with van der Waals surface area (Å²) in [6, 6.07) is 18.4. The van der Waals surface area contributed by atoms with Crippen molar-refractivity contribution >= 4 is 22.3 Å². The highest BCUT2D eigenvalue weighted by Gasteiger charge is 2.24. The van der Waals surface area contributed by atoms with Crippen LogP contribution < -0.4 is 10.2 Å². The van der Waals surface area contributed by atoms with E-state index in [1.54, 1.807) is 0 Å².